The number of nitrogen functional groups attached to an aromatic ring is 1. The van der Waals surface area contributed by atoms with Gasteiger partial charge in [-0.05, 0) is 24.5 Å². The highest BCUT2D eigenvalue weighted by Crippen LogP contribution is 2.44. The smallest absolute Gasteiger partial charge is 0.314 e. The van der Waals surface area contributed by atoms with Gasteiger partial charge in [0.25, 0.3) is 0 Å². The highest BCUT2D eigenvalue weighted by Gasteiger charge is 2.42. The number of carbonyl (C=O) groups is 1. The summed E-state index contributed by atoms with van der Waals surface area (Å²) in [5.74, 6) is -0.221. The Morgan fingerprint density at radius 3 is 2.56 bits per heavy atom. The summed E-state index contributed by atoms with van der Waals surface area (Å²) in [5.41, 5.74) is 6.39. The van der Waals surface area contributed by atoms with Crippen molar-refractivity contribution >= 4 is 11.7 Å². The van der Waals surface area contributed by atoms with E-state index in [1.807, 2.05) is 12.1 Å². The number of anilines is 1. The van der Waals surface area contributed by atoms with Crippen molar-refractivity contribution in [2.24, 2.45) is 0 Å². The molecule has 4 nitrogen and oxygen atoms in total. The van der Waals surface area contributed by atoms with E-state index in [2.05, 4.69) is 0 Å². The molecule has 0 bridgehead atoms. The number of ether oxygens (including phenoxy) is 1. The molecule has 1 aliphatic rings. The Balaban J connectivity index is 2.52. The van der Waals surface area contributed by atoms with Gasteiger partial charge in [0.15, 0.2) is 0 Å². The Morgan fingerprint density at radius 2 is 2.00 bits per heavy atom. The maximum atomic E-state index is 11.7. The molecule has 1 saturated carbocycles. The number of aliphatic carboxylic acids is 1. The summed E-state index contributed by atoms with van der Waals surface area (Å²) in [4.78, 5) is 11.7. The van der Waals surface area contributed by atoms with E-state index in [9.17, 15) is 9.90 Å². The number of carboxylic acids is 1. The Bertz CT molecular complexity index is 450. The zero-order valence-corrected chi connectivity index (χ0v) is 10.6. The van der Waals surface area contributed by atoms with Gasteiger partial charge in [-0.3, -0.25) is 4.79 Å². The van der Waals surface area contributed by atoms with Crippen LogP contribution >= 0.6 is 0 Å². The molecule has 0 saturated heterocycles. The van der Waals surface area contributed by atoms with Crippen LogP contribution in [0.4, 0.5) is 5.69 Å². The van der Waals surface area contributed by atoms with Crippen LogP contribution in [0.5, 0.6) is 5.75 Å². The van der Waals surface area contributed by atoms with E-state index in [1.54, 1.807) is 13.2 Å². The summed E-state index contributed by atoms with van der Waals surface area (Å²) in [7, 11) is 1.55. The Kier molecular flexibility index (Phi) is 3.45. The summed E-state index contributed by atoms with van der Waals surface area (Å²) < 4.78 is 5.18. The lowest BCUT2D eigenvalue weighted by molar-refractivity contribution is -0.145. The molecule has 1 aromatic rings. The second kappa shape index (κ2) is 4.88. The maximum absolute atomic E-state index is 11.7. The van der Waals surface area contributed by atoms with Gasteiger partial charge in [0.05, 0.1) is 18.2 Å². The number of carboxylic acid groups (broad SMARTS) is 1. The fourth-order valence-corrected chi connectivity index (χ4v) is 2.89. The van der Waals surface area contributed by atoms with Crippen molar-refractivity contribution in [3.63, 3.8) is 0 Å². The zero-order valence-electron chi connectivity index (χ0n) is 10.6. The lowest BCUT2D eigenvalue weighted by Gasteiger charge is -2.34. The average Bonchev–Trinajstić information content (AvgIpc) is 2.39. The van der Waals surface area contributed by atoms with Gasteiger partial charge in [0, 0.05) is 0 Å². The summed E-state index contributed by atoms with van der Waals surface area (Å²) in [5, 5.41) is 9.63. The predicted octanol–water partition coefficient (Wildman–Crippen LogP) is 2.56. The molecule has 0 aliphatic heterocycles. The van der Waals surface area contributed by atoms with Gasteiger partial charge in [0.2, 0.25) is 0 Å². The molecule has 2 rings (SSSR count). The molecule has 0 unspecified atom stereocenters. The van der Waals surface area contributed by atoms with Crippen LogP contribution in [-0.2, 0) is 10.2 Å². The number of methoxy groups -OCH3 is 1. The highest BCUT2D eigenvalue weighted by atomic mass is 16.5. The van der Waals surface area contributed by atoms with Crippen molar-refractivity contribution < 1.29 is 14.6 Å². The van der Waals surface area contributed by atoms with Gasteiger partial charge in [0.1, 0.15) is 5.75 Å². The van der Waals surface area contributed by atoms with Crippen LogP contribution in [0.25, 0.3) is 0 Å². The normalized spacial score (nSPS) is 18.3. The van der Waals surface area contributed by atoms with E-state index in [1.165, 1.54) is 0 Å². The van der Waals surface area contributed by atoms with Gasteiger partial charge < -0.3 is 15.6 Å². The number of rotatable bonds is 3. The summed E-state index contributed by atoms with van der Waals surface area (Å²) >= 11 is 0. The lowest BCUT2D eigenvalue weighted by atomic mass is 9.69. The largest absolute Gasteiger partial charge is 0.495 e. The molecule has 0 aromatic heterocycles. The molecule has 1 aliphatic carbocycles. The third-order valence-electron chi connectivity index (χ3n) is 3.92. The molecule has 0 atom stereocenters. The van der Waals surface area contributed by atoms with E-state index in [-0.39, 0.29) is 0 Å². The molecular formula is C14H19NO3. The third kappa shape index (κ3) is 1.92. The van der Waals surface area contributed by atoms with E-state index < -0.39 is 11.4 Å². The summed E-state index contributed by atoms with van der Waals surface area (Å²) in [6.07, 6.45) is 4.27. The Labute approximate surface area is 107 Å². The van der Waals surface area contributed by atoms with Crippen LogP contribution in [0.1, 0.15) is 37.7 Å². The molecule has 0 amide bonds. The first-order valence-electron chi connectivity index (χ1n) is 6.28. The van der Waals surface area contributed by atoms with Crippen LogP contribution in [0.3, 0.4) is 0 Å². The fourth-order valence-electron chi connectivity index (χ4n) is 2.89. The summed E-state index contributed by atoms with van der Waals surface area (Å²) in [6, 6.07) is 5.39. The molecule has 98 valence electrons. The van der Waals surface area contributed by atoms with Crippen LogP contribution < -0.4 is 10.5 Å². The molecule has 0 heterocycles. The number of benzene rings is 1. The Hall–Kier alpha value is -1.71. The Morgan fingerprint density at radius 1 is 1.33 bits per heavy atom. The molecule has 0 spiro atoms. The van der Waals surface area contributed by atoms with Crippen molar-refractivity contribution in [2.45, 2.75) is 37.5 Å². The monoisotopic (exact) mass is 249 g/mol. The van der Waals surface area contributed by atoms with Gasteiger partial charge in [-0.15, -0.1) is 0 Å². The highest BCUT2D eigenvalue weighted by molar-refractivity contribution is 5.84. The quantitative estimate of drug-likeness (QED) is 0.807. The predicted molar refractivity (Wildman–Crippen MR) is 69.8 cm³/mol. The van der Waals surface area contributed by atoms with Crippen LogP contribution in [0.2, 0.25) is 0 Å². The number of nitrogens with two attached hydrogens (primary N) is 1. The van der Waals surface area contributed by atoms with E-state index in [0.717, 1.165) is 19.3 Å². The molecule has 0 radical (unpaired) electrons. The molecule has 1 aromatic carbocycles. The van der Waals surface area contributed by atoms with E-state index >= 15 is 0 Å². The maximum Gasteiger partial charge on any atom is 0.314 e. The first-order valence-corrected chi connectivity index (χ1v) is 6.28. The van der Waals surface area contributed by atoms with E-state index in [0.29, 0.717) is 29.8 Å². The molecule has 3 N–H and O–H groups in total. The molecule has 4 heteroatoms. The van der Waals surface area contributed by atoms with Crippen LogP contribution in [0.15, 0.2) is 18.2 Å². The van der Waals surface area contributed by atoms with Crippen LogP contribution in [0, 0.1) is 0 Å². The van der Waals surface area contributed by atoms with Gasteiger partial charge >= 0.3 is 5.97 Å². The van der Waals surface area contributed by atoms with Gasteiger partial charge in [-0.1, -0.05) is 31.4 Å². The minimum Gasteiger partial charge on any atom is -0.495 e. The van der Waals surface area contributed by atoms with Crippen molar-refractivity contribution in [2.75, 3.05) is 12.8 Å². The first-order chi connectivity index (χ1) is 8.62. The third-order valence-corrected chi connectivity index (χ3v) is 3.92. The van der Waals surface area contributed by atoms with Gasteiger partial charge in [-0.25, -0.2) is 0 Å². The van der Waals surface area contributed by atoms with Crippen LogP contribution in [-0.4, -0.2) is 18.2 Å². The fraction of sp³-hybridized carbons (Fsp3) is 0.500. The topological polar surface area (TPSA) is 72.5 Å². The van der Waals surface area contributed by atoms with Crippen molar-refractivity contribution in [3.05, 3.63) is 23.8 Å². The number of para-hydroxylation sites is 1. The SMILES string of the molecule is COc1cccc(C2(C(=O)O)CCCCC2)c1N. The first kappa shape index (κ1) is 12.7. The minimum atomic E-state index is -0.836. The molecule has 18 heavy (non-hydrogen) atoms. The molecular weight excluding hydrogens is 230 g/mol. The number of hydrogen-bond acceptors (Lipinski definition) is 3. The van der Waals surface area contributed by atoms with Crippen molar-refractivity contribution in [1.82, 2.24) is 0 Å². The second-order valence-corrected chi connectivity index (χ2v) is 4.87. The lowest BCUT2D eigenvalue weighted by Crippen LogP contribution is -2.38. The standard InChI is InChI=1S/C14H19NO3/c1-18-11-7-5-6-10(12(11)15)14(13(16)17)8-3-2-4-9-14/h5-7H,2-4,8-9,15H2,1H3,(H,16,17). The zero-order chi connectivity index (χ0) is 13.2. The second-order valence-electron chi connectivity index (χ2n) is 4.87. The minimum absolute atomic E-state index is 0.462. The average molecular weight is 249 g/mol. The van der Waals surface area contributed by atoms with E-state index in [4.69, 9.17) is 10.5 Å². The van der Waals surface area contributed by atoms with Crippen molar-refractivity contribution in [1.29, 1.82) is 0 Å². The molecule has 1 fully saturated rings. The van der Waals surface area contributed by atoms with Gasteiger partial charge in [-0.2, -0.15) is 0 Å². The van der Waals surface area contributed by atoms with Crippen molar-refractivity contribution in [3.8, 4) is 5.75 Å². The summed E-state index contributed by atoms with van der Waals surface area (Å²) in [6.45, 7) is 0. The number of hydrogen-bond donors (Lipinski definition) is 2.